The van der Waals surface area contributed by atoms with Crippen molar-refractivity contribution in [2.45, 2.75) is 25.2 Å². The number of ether oxygens (including phenoxy) is 1. The third-order valence-electron chi connectivity index (χ3n) is 4.67. The molecule has 1 saturated carbocycles. The average Bonchev–Trinajstić information content (AvgIpc) is 3.39. The molecule has 1 aliphatic carbocycles. The van der Waals surface area contributed by atoms with Crippen molar-refractivity contribution in [3.8, 4) is 0 Å². The van der Waals surface area contributed by atoms with E-state index >= 15 is 0 Å². The summed E-state index contributed by atoms with van der Waals surface area (Å²) >= 11 is 0. The van der Waals surface area contributed by atoms with Crippen molar-refractivity contribution in [1.29, 1.82) is 0 Å². The fourth-order valence-corrected chi connectivity index (χ4v) is 3.10. The molecule has 22 heavy (non-hydrogen) atoms. The van der Waals surface area contributed by atoms with Crippen LogP contribution in [0.15, 0.2) is 60.7 Å². The zero-order valence-electron chi connectivity index (χ0n) is 13.3. The molecule has 1 atom stereocenters. The number of hydrogen-bond donors (Lipinski definition) is 0. The van der Waals surface area contributed by atoms with Gasteiger partial charge in [-0.2, -0.15) is 0 Å². The van der Waals surface area contributed by atoms with Crippen LogP contribution in [-0.4, -0.2) is 15.0 Å². The van der Waals surface area contributed by atoms with Crippen LogP contribution in [0.5, 0.6) is 0 Å². The molecule has 0 aromatic heterocycles. The maximum Gasteiger partial charge on any atom is 0.122 e. The molecule has 0 spiro atoms. The summed E-state index contributed by atoms with van der Waals surface area (Å²) in [6.45, 7) is 2.30. The van der Waals surface area contributed by atoms with Gasteiger partial charge in [-0.3, -0.25) is 0 Å². The molecule has 3 rings (SSSR count). The summed E-state index contributed by atoms with van der Waals surface area (Å²) in [5, 5.41) is 0. The second-order valence-electron chi connectivity index (χ2n) is 6.26. The SMILES string of the molecule is [B]c1ccc(C(C)(/C=C(/OC)c2ccccc2)C2CC2)cc1. The predicted molar refractivity (Wildman–Crippen MR) is 93.3 cm³/mol. The lowest BCUT2D eigenvalue weighted by Crippen LogP contribution is -2.23. The van der Waals surface area contributed by atoms with Crippen LogP contribution in [0.25, 0.3) is 5.76 Å². The lowest BCUT2D eigenvalue weighted by molar-refractivity contribution is 0.361. The van der Waals surface area contributed by atoms with E-state index in [4.69, 9.17) is 12.6 Å². The van der Waals surface area contributed by atoms with Gasteiger partial charge in [0.1, 0.15) is 13.6 Å². The fourth-order valence-electron chi connectivity index (χ4n) is 3.10. The molecular weight excluding hydrogens is 267 g/mol. The molecule has 2 heteroatoms. The molecule has 1 aliphatic rings. The number of benzene rings is 2. The van der Waals surface area contributed by atoms with E-state index in [1.54, 1.807) is 7.11 Å². The highest BCUT2D eigenvalue weighted by molar-refractivity contribution is 6.32. The van der Waals surface area contributed by atoms with Crippen LogP contribution in [0.2, 0.25) is 0 Å². The number of methoxy groups -OCH3 is 1. The molecule has 1 fully saturated rings. The van der Waals surface area contributed by atoms with Crippen molar-refractivity contribution >= 4 is 19.1 Å². The topological polar surface area (TPSA) is 9.23 Å². The highest BCUT2D eigenvalue weighted by atomic mass is 16.5. The predicted octanol–water partition coefficient (Wildman–Crippen LogP) is 3.84. The summed E-state index contributed by atoms with van der Waals surface area (Å²) in [5.74, 6) is 1.61. The molecule has 110 valence electrons. The summed E-state index contributed by atoms with van der Waals surface area (Å²) in [7, 11) is 7.59. The van der Waals surface area contributed by atoms with Gasteiger partial charge < -0.3 is 4.74 Å². The maximum atomic E-state index is 5.84. The Labute approximate surface area is 134 Å². The van der Waals surface area contributed by atoms with Gasteiger partial charge in [0.15, 0.2) is 0 Å². The summed E-state index contributed by atoms with van der Waals surface area (Å²) in [6.07, 6.45) is 4.82. The average molecular weight is 288 g/mol. The molecular formula is C20H21BO. The van der Waals surface area contributed by atoms with Gasteiger partial charge >= 0.3 is 0 Å². The van der Waals surface area contributed by atoms with E-state index in [1.807, 2.05) is 30.3 Å². The lowest BCUT2D eigenvalue weighted by Gasteiger charge is -2.28. The van der Waals surface area contributed by atoms with Crippen LogP contribution in [0, 0.1) is 5.92 Å². The minimum Gasteiger partial charge on any atom is -0.496 e. The van der Waals surface area contributed by atoms with Crippen molar-refractivity contribution < 1.29 is 4.74 Å². The molecule has 0 heterocycles. The largest absolute Gasteiger partial charge is 0.496 e. The third-order valence-corrected chi connectivity index (χ3v) is 4.67. The first-order valence-corrected chi connectivity index (χ1v) is 7.82. The Morgan fingerprint density at radius 1 is 1.09 bits per heavy atom. The van der Waals surface area contributed by atoms with Gasteiger partial charge in [0.25, 0.3) is 0 Å². The van der Waals surface area contributed by atoms with Crippen LogP contribution in [0.4, 0.5) is 0 Å². The van der Waals surface area contributed by atoms with E-state index in [9.17, 15) is 0 Å². The van der Waals surface area contributed by atoms with E-state index in [0.29, 0.717) is 5.92 Å². The zero-order chi connectivity index (χ0) is 15.6. The number of hydrogen-bond acceptors (Lipinski definition) is 1. The molecule has 0 aliphatic heterocycles. The second kappa shape index (κ2) is 6.04. The molecule has 0 amide bonds. The Kier molecular flexibility index (Phi) is 4.11. The Hall–Kier alpha value is -1.96. The smallest absolute Gasteiger partial charge is 0.122 e. The van der Waals surface area contributed by atoms with Gasteiger partial charge in [-0.05, 0) is 30.4 Å². The van der Waals surface area contributed by atoms with Gasteiger partial charge in [0.2, 0.25) is 0 Å². The van der Waals surface area contributed by atoms with Crippen molar-refractivity contribution in [3.63, 3.8) is 0 Å². The molecule has 0 N–H and O–H groups in total. The van der Waals surface area contributed by atoms with E-state index < -0.39 is 0 Å². The molecule has 1 unspecified atom stereocenters. The Bertz CT molecular complexity index is 656. The minimum atomic E-state index is -0.0190. The van der Waals surface area contributed by atoms with E-state index in [2.05, 4.69) is 37.3 Å². The van der Waals surface area contributed by atoms with Gasteiger partial charge in [-0.25, -0.2) is 0 Å². The van der Waals surface area contributed by atoms with Gasteiger partial charge in [-0.1, -0.05) is 67.0 Å². The van der Waals surface area contributed by atoms with Crippen LogP contribution in [0.3, 0.4) is 0 Å². The van der Waals surface area contributed by atoms with Crippen LogP contribution < -0.4 is 5.46 Å². The number of allylic oxidation sites excluding steroid dienone is 1. The third kappa shape index (κ3) is 2.97. The Balaban J connectivity index is 2.03. The first-order chi connectivity index (χ1) is 10.6. The fraction of sp³-hybridized carbons (Fsp3) is 0.300. The molecule has 2 aromatic carbocycles. The summed E-state index contributed by atoms with van der Waals surface area (Å²) in [5.41, 5.74) is 3.21. The maximum absolute atomic E-state index is 5.84. The molecule has 0 bridgehead atoms. The molecule has 0 saturated heterocycles. The summed E-state index contributed by atoms with van der Waals surface area (Å²) < 4.78 is 5.69. The molecule has 2 radical (unpaired) electrons. The van der Waals surface area contributed by atoms with E-state index in [0.717, 1.165) is 16.8 Å². The minimum absolute atomic E-state index is 0.0190. The van der Waals surface area contributed by atoms with Crippen molar-refractivity contribution in [3.05, 3.63) is 71.8 Å². The van der Waals surface area contributed by atoms with Crippen molar-refractivity contribution in [1.82, 2.24) is 0 Å². The van der Waals surface area contributed by atoms with Crippen LogP contribution >= 0.6 is 0 Å². The van der Waals surface area contributed by atoms with Crippen LogP contribution in [0.1, 0.15) is 30.9 Å². The highest BCUT2D eigenvalue weighted by Gasteiger charge is 2.41. The normalized spacial score (nSPS) is 17.8. The lowest BCUT2D eigenvalue weighted by atomic mass is 9.76. The quantitative estimate of drug-likeness (QED) is 0.600. The first kappa shape index (κ1) is 15.0. The number of rotatable bonds is 5. The van der Waals surface area contributed by atoms with Crippen molar-refractivity contribution in [2.24, 2.45) is 5.92 Å². The van der Waals surface area contributed by atoms with Gasteiger partial charge in [0.05, 0.1) is 7.11 Å². The van der Waals surface area contributed by atoms with E-state index in [1.165, 1.54) is 18.4 Å². The highest BCUT2D eigenvalue weighted by Crippen LogP contribution is 2.49. The Morgan fingerprint density at radius 2 is 1.73 bits per heavy atom. The van der Waals surface area contributed by atoms with E-state index in [-0.39, 0.29) is 5.41 Å². The van der Waals surface area contributed by atoms with Crippen molar-refractivity contribution in [2.75, 3.05) is 7.11 Å². The standard InChI is InChI=1S/C20H21BO/c1-20(16-8-9-16,17-10-12-18(21)13-11-17)14-19(22-2)15-6-4-3-5-7-15/h3-7,10-14,16H,8-9H2,1-2H3/b19-14+. The van der Waals surface area contributed by atoms with Gasteiger partial charge in [0, 0.05) is 11.0 Å². The Morgan fingerprint density at radius 3 is 2.27 bits per heavy atom. The second-order valence-corrected chi connectivity index (χ2v) is 6.26. The summed E-state index contributed by atoms with van der Waals surface area (Å²) in [4.78, 5) is 0. The molecule has 2 aromatic rings. The zero-order valence-corrected chi connectivity index (χ0v) is 13.3. The molecule has 1 nitrogen and oxygen atoms in total. The first-order valence-electron chi connectivity index (χ1n) is 7.82. The van der Waals surface area contributed by atoms with Crippen LogP contribution in [-0.2, 0) is 10.2 Å². The van der Waals surface area contributed by atoms with Gasteiger partial charge in [-0.15, -0.1) is 0 Å². The summed E-state index contributed by atoms with van der Waals surface area (Å²) in [6, 6.07) is 18.5. The monoisotopic (exact) mass is 288 g/mol.